The first kappa shape index (κ1) is 15.1. The Bertz CT molecular complexity index is 581. The van der Waals surface area contributed by atoms with Crippen LogP contribution in [0.2, 0.25) is 10.0 Å². The summed E-state index contributed by atoms with van der Waals surface area (Å²) in [6, 6.07) is 2.23. The molecule has 0 spiro atoms. The zero-order chi connectivity index (χ0) is 15.1. The monoisotopic (exact) mass is 331 g/mol. The van der Waals surface area contributed by atoms with Crippen LogP contribution in [0.3, 0.4) is 0 Å². The number of aliphatic hydroxyl groups excluding tert-OH is 1. The molecular weight excluding hydrogens is 316 g/mol. The highest BCUT2D eigenvalue weighted by Crippen LogP contribution is 2.48. The van der Waals surface area contributed by atoms with E-state index in [1.807, 2.05) is 0 Å². The lowest BCUT2D eigenvalue weighted by Gasteiger charge is -2.30. The highest BCUT2D eigenvalue weighted by Gasteiger charge is 2.47. The topological polar surface area (TPSA) is 49.3 Å². The summed E-state index contributed by atoms with van der Waals surface area (Å²) < 4.78 is 13.5. The van der Waals surface area contributed by atoms with E-state index in [9.17, 15) is 14.3 Å². The van der Waals surface area contributed by atoms with Gasteiger partial charge in [-0.05, 0) is 43.2 Å². The number of carbonyl (C=O) groups excluding carboxylic acids is 1. The van der Waals surface area contributed by atoms with Gasteiger partial charge in [0.05, 0.1) is 15.6 Å². The van der Waals surface area contributed by atoms with Crippen LogP contribution < -0.4 is 5.32 Å². The molecule has 0 aromatic heterocycles. The standard InChI is InChI=1S/C15H16Cl2FNO2/c16-11-5-12(17)13(18)4-9(11)15(21)19-14-8-2-1-7(3-8)10(14)6-20/h4-5,7-8,10,14,20H,1-3,6H2,(H,19,21). The summed E-state index contributed by atoms with van der Waals surface area (Å²) in [6.07, 6.45) is 3.21. The molecule has 6 heteroatoms. The van der Waals surface area contributed by atoms with Gasteiger partial charge in [-0.15, -0.1) is 0 Å². The van der Waals surface area contributed by atoms with Gasteiger partial charge in [-0.25, -0.2) is 4.39 Å². The number of benzene rings is 1. The van der Waals surface area contributed by atoms with E-state index in [0.29, 0.717) is 11.8 Å². The average molecular weight is 332 g/mol. The number of nitrogens with one attached hydrogen (secondary N) is 1. The summed E-state index contributed by atoms with van der Waals surface area (Å²) in [5.74, 6) is -0.122. The fourth-order valence-electron chi connectivity index (χ4n) is 3.82. The molecule has 1 aromatic carbocycles. The van der Waals surface area contributed by atoms with Crippen molar-refractivity contribution in [1.29, 1.82) is 0 Å². The van der Waals surface area contributed by atoms with Crippen LogP contribution in [0.5, 0.6) is 0 Å². The molecule has 4 atom stereocenters. The molecule has 2 fully saturated rings. The van der Waals surface area contributed by atoms with Crippen molar-refractivity contribution in [3.63, 3.8) is 0 Å². The molecule has 21 heavy (non-hydrogen) atoms. The van der Waals surface area contributed by atoms with E-state index in [0.717, 1.165) is 25.3 Å². The molecule has 2 aliphatic rings. The zero-order valence-corrected chi connectivity index (χ0v) is 12.8. The van der Waals surface area contributed by atoms with Crippen LogP contribution in [0.4, 0.5) is 4.39 Å². The SMILES string of the molecule is O=C(NC1C2CCC(C2)C1CO)c1cc(F)c(Cl)cc1Cl. The Balaban J connectivity index is 1.79. The first-order chi connectivity index (χ1) is 10.0. The van der Waals surface area contributed by atoms with Crippen molar-refractivity contribution in [3.05, 3.63) is 33.6 Å². The Morgan fingerprint density at radius 1 is 1.29 bits per heavy atom. The van der Waals surface area contributed by atoms with Crippen molar-refractivity contribution >= 4 is 29.1 Å². The molecule has 0 radical (unpaired) electrons. The maximum atomic E-state index is 13.5. The molecule has 1 amide bonds. The Labute approximate surface area is 132 Å². The summed E-state index contributed by atoms with van der Waals surface area (Å²) in [7, 11) is 0. The van der Waals surface area contributed by atoms with Crippen LogP contribution in [-0.2, 0) is 0 Å². The summed E-state index contributed by atoms with van der Waals surface area (Å²) >= 11 is 11.6. The number of aliphatic hydroxyl groups is 1. The molecule has 0 heterocycles. The molecule has 114 valence electrons. The zero-order valence-electron chi connectivity index (χ0n) is 11.3. The highest BCUT2D eigenvalue weighted by atomic mass is 35.5. The second-order valence-electron chi connectivity index (χ2n) is 5.93. The smallest absolute Gasteiger partial charge is 0.253 e. The second kappa shape index (κ2) is 5.75. The number of carbonyl (C=O) groups is 1. The van der Waals surface area contributed by atoms with Crippen LogP contribution in [0.15, 0.2) is 12.1 Å². The lowest BCUT2D eigenvalue weighted by Crippen LogP contribution is -2.45. The minimum Gasteiger partial charge on any atom is -0.396 e. The van der Waals surface area contributed by atoms with E-state index < -0.39 is 11.7 Å². The van der Waals surface area contributed by atoms with Gasteiger partial charge in [0.2, 0.25) is 0 Å². The average Bonchev–Trinajstić information content (AvgIpc) is 3.03. The van der Waals surface area contributed by atoms with E-state index in [4.69, 9.17) is 23.2 Å². The number of fused-ring (bicyclic) bond motifs is 2. The fraction of sp³-hybridized carbons (Fsp3) is 0.533. The lowest BCUT2D eigenvalue weighted by molar-refractivity contribution is 0.0861. The molecule has 2 N–H and O–H groups in total. The third-order valence-electron chi connectivity index (χ3n) is 4.85. The first-order valence-electron chi connectivity index (χ1n) is 7.07. The molecule has 2 aliphatic carbocycles. The largest absolute Gasteiger partial charge is 0.396 e. The van der Waals surface area contributed by atoms with Crippen LogP contribution in [0.25, 0.3) is 0 Å². The molecule has 0 aliphatic heterocycles. The van der Waals surface area contributed by atoms with Gasteiger partial charge in [0.25, 0.3) is 5.91 Å². The summed E-state index contributed by atoms with van der Waals surface area (Å²) in [6.45, 7) is 0.0643. The molecule has 0 saturated heterocycles. The van der Waals surface area contributed by atoms with Crippen molar-refractivity contribution in [2.24, 2.45) is 17.8 Å². The van der Waals surface area contributed by atoms with Gasteiger partial charge in [-0.3, -0.25) is 4.79 Å². The maximum absolute atomic E-state index is 13.5. The van der Waals surface area contributed by atoms with Crippen LogP contribution >= 0.6 is 23.2 Å². The van der Waals surface area contributed by atoms with Crippen molar-refractivity contribution in [2.45, 2.75) is 25.3 Å². The Morgan fingerprint density at radius 3 is 2.71 bits per heavy atom. The molecule has 3 nitrogen and oxygen atoms in total. The number of hydrogen-bond acceptors (Lipinski definition) is 2. The van der Waals surface area contributed by atoms with E-state index in [2.05, 4.69) is 5.32 Å². The Morgan fingerprint density at radius 2 is 2.00 bits per heavy atom. The van der Waals surface area contributed by atoms with E-state index in [-0.39, 0.29) is 34.2 Å². The normalized spacial score (nSPS) is 30.7. The Kier molecular flexibility index (Phi) is 4.12. The van der Waals surface area contributed by atoms with Gasteiger partial charge >= 0.3 is 0 Å². The van der Waals surface area contributed by atoms with Gasteiger partial charge in [-0.1, -0.05) is 23.2 Å². The highest BCUT2D eigenvalue weighted by molar-refractivity contribution is 6.36. The fourth-order valence-corrected chi connectivity index (χ4v) is 4.29. The lowest BCUT2D eigenvalue weighted by atomic mass is 9.85. The third kappa shape index (κ3) is 2.65. The second-order valence-corrected chi connectivity index (χ2v) is 6.74. The van der Waals surface area contributed by atoms with Gasteiger partial charge < -0.3 is 10.4 Å². The summed E-state index contributed by atoms with van der Waals surface area (Å²) in [5.41, 5.74) is 0.0815. The van der Waals surface area contributed by atoms with Crippen molar-refractivity contribution in [2.75, 3.05) is 6.61 Å². The number of halogens is 3. The van der Waals surface area contributed by atoms with Gasteiger partial charge in [0.1, 0.15) is 5.82 Å². The Hall–Kier alpha value is -0.840. The molecule has 4 unspecified atom stereocenters. The number of rotatable bonds is 3. The van der Waals surface area contributed by atoms with Crippen LogP contribution in [-0.4, -0.2) is 23.7 Å². The predicted molar refractivity (Wildman–Crippen MR) is 79.1 cm³/mol. The van der Waals surface area contributed by atoms with Crippen LogP contribution in [0, 0.1) is 23.6 Å². The van der Waals surface area contributed by atoms with Gasteiger partial charge in [0, 0.05) is 18.6 Å². The molecule has 2 saturated carbocycles. The van der Waals surface area contributed by atoms with Crippen molar-refractivity contribution < 1.29 is 14.3 Å². The first-order valence-corrected chi connectivity index (χ1v) is 7.83. The van der Waals surface area contributed by atoms with Crippen molar-refractivity contribution in [3.8, 4) is 0 Å². The molecule has 3 rings (SSSR count). The minimum absolute atomic E-state index is 0.0592. The van der Waals surface area contributed by atoms with Gasteiger partial charge in [-0.2, -0.15) is 0 Å². The van der Waals surface area contributed by atoms with E-state index in [1.54, 1.807) is 0 Å². The van der Waals surface area contributed by atoms with E-state index >= 15 is 0 Å². The summed E-state index contributed by atoms with van der Waals surface area (Å²) in [4.78, 5) is 12.3. The number of amides is 1. The molecule has 2 bridgehead atoms. The molecular formula is C15H16Cl2FNO2. The van der Waals surface area contributed by atoms with Crippen molar-refractivity contribution in [1.82, 2.24) is 5.32 Å². The van der Waals surface area contributed by atoms with E-state index in [1.165, 1.54) is 6.07 Å². The predicted octanol–water partition coefficient (Wildman–Crippen LogP) is 3.27. The van der Waals surface area contributed by atoms with Crippen LogP contribution in [0.1, 0.15) is 29.6 Å². The maximum Gasteiger partial charge on any atom is 0.253 e. The summed E-state index contributed by atoms with van der Waals surface area (Å²) in [5, 5.41) is 12.5. The van der Waals surface area contributed by atoms with Gasteiger partial charge in [0.15, 0.2) is 0 Å². The quantitative estimate of drug-likeness (QED) is 0.835. The minimum atomic E-state index is -0.669. The number of hydrogen-bond donors (Lipinski definition) is 2. The third-order valence-corrected chi connectivity index (χ3v) is 5.45. The molecule has 1 aromatic rings.